The van der Waals surface area contributed by atoms with Gasteiger partial charge in [-0.2, -0.15) is 0 Å². The molecule has 5 N–H and O–H groups in total. The Labute approximate surface area is 210 Å². The average Bonchev–Trinajstić information content (AvgIpc) is 3.31. The lowest BCUT2D eigenvalue weighted by Gasteiger charge is -2.52. The van der Waals surface area contributed by atoms with Crippen LogP contribution in [0.1, 0.15) is 80.1 Å². The summed E-state index contributed by atoms with van der Waals surface area (Å²) in [4.78, 5) is 57.0. The highest BCUT2D eigenvalue weighted by molar-refractivity contribution is 6.45. The van der Waals surface area contributed by atoms with E-state index in [9.17, 15) is 29.4 Å². The number of Topliss-reactive ketones (excluding diaryl/α,β-unsaturated/α-hetero) is 1. The third kappa shape index (κ3) is 4.64. The van der Waals surface area contributed by atoms with Crippen LogP contribution in [0.3, 0.4) is 0 Å². The number of primary amides is 1. The summed E-state index contributed by atoms with van der Waals surface area (Å²) in [6.45, 7) is -0.939. The quantitative estimate of drug-likeness (QED) is 0.308. The van der Waals surface area contributed by atoms with Crippen molar-refractivity contribution >= 4 is 34.5 Å². The molecule has 0 spiro atoms. The molecule has 1 aromatic heterocycles. The molecule has 9 heteroatoms. The van der Waals surface area contributed by atoms with Crippen molar-refractivity contribution in [3.63, 3.8) is 0 Å². The van der Waals surface area contributed by atoms with E-state index in [0.717, 1.165) is 43.4 Å². The standard InChI is InChI=1S/C27H35N3O6/c28-26(36)27(18-7-3-1-4-8-18,19-9-5-2-6-10-19)30(15-23(32)33)25(35)24(34)21-14-29-22-13-17(16-31)11-12-20(21)22/h11-14,18-19,29,31H,1-10,15-16H2,(H2,28,36)(H,32,33). The summed E-state index contributed by atoms with van der Waals surface area (Å²) in [7, 11) is 0. The maximum atomic E-state index is 13.9. The predicted molar refractivity (Wildman–Crippen MR) is 133 cm³/mol. The third-order valence-corrected chi connectivity index (χ3v) is 8.20. The van der Waals surface area contributed by atoms with Gasteiger partial charge < -0.3 is 25.8 Å². The molecule has 1 heterocycles. The van der Waals surface area contributed by atoms with E-state index in [4.69, 9.17) is 5.73 Å². The fraction of sp³-hybridized carbons (Fsp3) is 0.556. The Morgan fingerprint density at radius 3 is 2.06 bits per heavy atom. The van der Waals surface area contributed by atoms with Gasteiger partial charge in [0.15, 0.2) is 0 Å². The van der Waals surface area contributed by atoms with Gasteiger partial charge in [-0.3, -0.25) is 19.2 Å². The molecule has 2 aliphatic rings. The molecule has 0 saturated heterocycles. The van der Waals surface area contributed by atoms with Crippen molar-refractivity contribution in [2.45, 2.75) is 76.4 Å². The first-order valence-corrected chi connectivity index (χ1v) is 12.9. The molecule has 4 rings (SSSR count). The van der Waals surface area contributed by atoms with E-state index in [1.54, 1.807) is 18.2 Å². The highest BCUT2D eigenvalue weighted by Crippen LogP contribution is 2.46. The number of hydrogen-bond donors (Lipinski definition) is 4. The number of carboxylic acid groups (broad SMARTS) is 1. The second-order valence-electron chi connectivity index (χ2n) is 10.2. The molecular formula is C27H35N3O6. The topological polar surface area (TPSA) is 154 Å². The number of carboxylic acids is 1. The number of aromatic amines is 1. The van der Waals surface area contributed by atoms with Gasteiger partial charge >= 0.3 is 5.97 Å². The zero-order valence-electron chi connectivity index (χ0n) is 20.5. The number of hydrogen-bond acceptors (Lipinski definition) is 5. The summed E-state index contributed by atoms with van der Waals surface area (Å²) in [6, 6.07) is 4.98. The van der Waals surface area contributed by atoms with E-state index in [0.29, 0.717) is 42.1 Å². The first-order valence-electron chi connectivity index (χ1n) is 12.9. The molecule has 0 atom stereocenters. The minimum absolute atomic E-state index is 0.0977. The number of aliphatic hydroxyl groups excluding tert-OH is 1. The van der Waals surface area contributed by atoms with Gasteiger partial charge in [0.25, 0.3) is 11.7 Å². The van der Waals surface area contributed by atoms with Gasteiger partial charge in [0.2, 0.25) is 5.91 Å². The summed E-state index contributed by atoms with van der Waals surface area (Å²) in [5.41, 5.74) is 5.91. The SMILES string of the molecule is NC(=O)C(C1CCCCC1)(C1CCCCC1)N(CC(=O)O)C(=O)C(=O)c1c[nH]c2cc(CO)ccc12. The Hall–Kier alpha value is -3.20. The number of fused-ring (bicyclic) bond motifs is 1. The average molecular weight is 498 g/mol. The number of ketones is 1. The van der Waals surface area contributed by atoms with Gasteiger partial charge in [0, 0.05) is 17.1 Å². The number of nitrogens with zero attached hydrogens (tertiary/aromatic N) is 1. The normalized spacial score (nSPS) is 17.7. The molecule has 2 amide bonds. The van der Waals surface area contributed by atoms with Crippen LogP contribution in [0.4, 0.5) is 0 Å². The minimum atomic E-state index is -1.53. The predicted octanol–water partition coefficient (Wildman–Crippen LogP) is 3.14. The zero-order chi connectivity index (χ0) is 25.9. The Bertz CT molecular complexity index is 1130. The third-order valence-electron chi connectivity index (χ3n) is 8.20. The molecule has 0 unspecified atom stereocenters. The van der Waals surface area contributed by atoms with Crippen molar-refractivity contribution < 1.29 is 29.4 Å². The smallest absolute Gasteiger partial charge is 0.323 e. The second kappa shape index (κ2) is 10.8. The van der Waals surface area contributed by atoms with Crippen LogP contribution in [0.5, 0.6) is 0 Å². The number of amides is 2. The maximum Gasteiger partial charge on any atom is 0.323 e. The summed E-state index contributed by atoms with van der Waals surface area (Å²) >= 11 is 0. The summed E-state index contributed by atoms with van der Waals surface area (Å²) in [6.07, 6.45) is 9.54. The molecule has 194 valence electrons. The van der Waals surface area contributed by atoms with Gasteiger partial charge in [-0.05, 0) is 49.1 Å². The summed E-state index contributed by atoms with van der Waals surface area (Å²) in [5.74, 6) is -4.48. The maximum absolute atomic E-state index is 13.9. The Morgan fingerprint density at radius 2 is 1.56 bits per heavy atom. The van der Waals surface area contributed by atoms with Crippen molar-refractivity contribution in [1.29, 1.82) is 0 Å². The zero-order valence-corrected chi connectivity index (χ0v) is 20.5. The number of carbonyl (C=O) groups excluding carboxylic acids is 3. The number of benzene rings is 1. The fourth-order valence-corrected chi connectivity index (χ4v) is 6.60. The van der Waals surface area contributed by atoms with Crippen LogP contribution < -0.4 is 5.73 Å². The van der Waals surface area contributed by atoms with E-state index < -0.39 is 35.7 Å². The number of H-pyrrole nitrogens is 1. The van der Waals surface area contributed by atoms with Gasteiger partial charge in [0.05, 0.1) is 12.2 Å². The van der Waals surface area contributed by atoms with Crippen LogP contribution >= 0.6 is 0 Å². The van der Waals surface area contributed by atoms with Crippen LogP contribution in [0, 0.1) is 11.8 Å². The number of aliphatic carboxylic acids is 1. The number of rotatable bonds is 9. The number of carbonyl (C=O) groups is 4. The van der Waals surface area contributed by atoms with Gasteiger partial charge in [-0.15, -0.1) is 0 Å². The first-order chi connectivity index (χ1) is 17.3. The molecule has 0 bridgehead atoms. The van der Waals surface area contributed by atoms with Crippen LogP contribution in [-0.4, -0.2) is 55.7 Å². The van der Waals surface area contributed by atoms with Crippen LogP contribution in [0.2, 0.25) is 0 Å². The lowest BCUT2D eigenvalue weighted by Crippen LogP contribution is -2.69. The van der Waals surface area contributed by atoms with Crippen molar-refractivity contribution in [2.75, 3.05) is 6.54 Å². The number of aromatic nitrogens is 1. The number of aliphatic hydroxyl groups is 1. The Kier molecular flexibility index (Phi) is 7.78. The van der Waals surface area contributed by atoms with Gasteiger partial charge in [0.1, 0.15) is 12.1 Å². The first kappa shape index (κ1) is 25.9. The lowest BCUT2D eigenvalue weighted by atomic mass is 9.62. The summed E-state index contributed by atoms with van der Waals surface area (Å²) in [5, 5.41) is 19.7. The van der Waals surface area contributed by atoms with E-state index in [-0.39, 0.29) is 24.0 Å². The molecular weight excluding hydrogens is 462 g/mol. The molecule has 2 aromatic rings. The van der Waals surface area contributed by atoms with Gasteiger partial charge in [-0.25, -0.2) is 0 Å². The van der Waals surface area contributed by atoms with Crippen molar-refractivity contribution in [2.24, 2.45) is 17.6 Å². The molecule has 0 aliphatic heterocycles. The van der Waals surface area contributed by atoms with Crippen molar-refractivity contribution in [1.82, 2.24) is 9.88 Å². The molecule has 9 nitrogen and oxygen atoms in total. The Balaban J connectivity index is 1.81. The van der Waals surface area contributed by atoms with E-state index in [1.165, 1.54) is 6.20 Å². The summed E-state index contributed by atoms with van der Waals surface area (Å²) < 4.78 is 0. The highest BCUT2D eigenvalue weighted by Gasteiger charge is 2.57. The van der Waals surface area contributed by atoms with Crippen LogP contribution in [0.25, 0.3) is 10.9 Å². The molecule has 0 radical (unpaired) electrons. The van der Waals surface area contributed by atoms with E-state index >= 15 is 0 Å². The van der Waals surface area contributed by atoms with Gasteiger partial charge in [-0.1, -0.05) is 50.7 Å². The molecule has 2 saturated carbocycles. The number of nitrogens with one attached hydrogen (secondary N) is 1. The van der Waals surface area contributed by atoms with Crippen molar-refractivity contribution in [3.05, 3.63) is 35.5 Å². The molecule has 1 aromatic carbocycles. The highest BCUT2D eigenvalue weighted by atomic mass is 16.4. The molecule has 2 fully saturated rings. The van der Waals surface area contributed by atoms with Crippen LogP contribution in [-0.2, 0) is 21.0 Å². The molecule has 2 aliphatic carbocycles. The van der Waals surface area contributed by atoms with Crippen LogP contribution in [0.15, 0.2) is 24.4 Å². The molecule has 36 heavy (non-hydrogen) atoms. The van der Waals surface area contributed by atoms with Crippen molar-refractivity contribution in [3.8, 4) is 0 Å². The largest absolute Gasteiger partial charge is 0.480 e. The minimum Gasteiger partial charge on any atom is -0.480 e. The van der Waals surface area contributed by atoms with E-state index in [1.807, 2.05) is 0 Å². The fourth-order valence-electron chi connectivity index (χ4n) is 6.60. The second-order valence-corrected chi connectivity index (χ2v) is 10.2. The lowest BCUT2D eigenvalue weighted by molar-refractivity contribution is -0.161. The monoisotopic (exact) mass is 497 g/mol. The Morgan fingerprint density at radius 1 is 0.972 bits per heavy atom. The van der Waals surface area contributed by atoms with E-state index in [2.05, 4.69) is 4.98 Å². The number of nitrogens with two attached hydrogens (primary N) is 1.